The van der Waals surface area contributed by atoms with Crippen LogP contribution in [0.25, 0.3) is 0 Å². The Kier molecular flexibility index (Phi) is 6.03. The van der Waals surface area contributed by atoms with Crippen LogP contribution in [0.5, 0.6) is 0 Å². The number of methoxy groups -OCH3 is 1. The molecule has 2 aliphatic heterocycles. The summed E-state index contributed by atoms with van der Waals surface area (Å²) in [7, 11) is 1.57. The first-order valence-electron chi connectivity index (χ1n) is 10.3. The summed E-state index contributed by atoms with van der Waals surface area (Å²) in [6, 6.07) is 11.1. The van der Waals surface area contributed by atoms with Gasteiger partial charge in [-0.05, 0) is 42.3 Å². The van der Waals surface area contributed by atoms with Gasteiger partial charge < -0.3 is 19.9 Å². The Morgan fingerprint density at radius 1 is 1.26 bits per heavy atom. The molecular weight excluding hydrogens is 403 g/mol. The number of carbonyl (C=O) groups excluding carboxylic acids is 1. The smallest absolute Gasteiger partial charge is 0.269 e. The standard InChI is InChI=1S/C22H25FN4O4/c1-31-11-8-24-22(28)19-13-15-12-18(27(29)30)6-7-20(15)26-10-9-25(14-21(19)26)17-4-2-16(23)3-5-17/h2-7,12,19,21H,8-11,13-14H2,1H3,(H,24,28). The fraction of sp³-hybridized carbons (Fsp3) is 0.409. The van der Waals surface area contributed by atoms with Crippen LogP contribution in [0.1, 0.15) is 5.56 Å². The lowest BCUT2D eigenvalue weighted by Crippen LogP contribution is -2.61. The molecule has 1 amide bonds. The maximum atomic E-state index is 13.4. The summed E-state index contributed by atoms with van der Waals surface area (Å²) >= 11 is 0. The van der Waals surface area contributed by atoms with Crippen molar-refractivity contribution >= 4 is 23.0 Å². The highest BCUT2D eigenvalue weighted by Crippen LogP contribution is 2.38. The molecule has 1 saturated heterocycles. The molecule has 2 unspecified atom stereocenters. The topological polar surface area (TPSA) is 87.9 Å². The van der Waals surface area contributed by atoms with Gasteiger partial charge in [0.15, 0.2) is 0 Å². The molecule has 0 aromatic heterocycles. The van der Waals surface area contributed by atoms with Crippen LogP contribution >= 0.6 is 0 Å². The van der Waals surface area contributed by atoms with Crippen LogP contribution in [0.3, 0.4) is 0 Å². The van der Waals surface area contributed by atoms with Gasteiger partial charge in [-0.25, -0.2) is 4.39 Å². The molecule has 1 fully saturated rings. The molecule has 0 aliphatic carbocycles. The maximum absolute atomic E-state index is 13.4. The van der Waals surface area contributed by atoms with Gasteiger partial charge in [0.2, 0.25) is 5.91 Å². The Balaban J connectivity index is 1.63. The van der Waals surface area contributed by atoms with E-state index in [-0.39, 0.29) is 29.4 Å². The van der Waals surface area contributed by atoms with Gasteiger partial charge in [-0.3, -0.25) is 14.9 Å². The molecule has 1 N–H and O–H groups in total. The number of nitrogens with zero attached hydrogens (tertiary/aromatic N) is 3. The minimum Gasteiger partial charge on any atom is -0.383 e. The van der Waals surface area contributed by atoms with Crippen molar-refractivity contribution in [2.45, 2.75) is 12.5 Å². The zero-order chi connectivity index (χ0) is 22.0. The van der Waals surface area contributed by atoms with E-state index in [1.165, 1.54) is 18.2 Å². The second-order valence-corrected chi connectivity index (χ2v) is 7.85. The molecule has 2 atom stereocenters. The number of benzene rings is 2. The van der Waals surface area contributed by atoms with E-state index in [1.54, 1.807) is 31.4 Å². The summed E-state index contributed by atoms with van der Waals surface area (Å²) in [5, 5.41) is 14.2. The molecule has 2 heterocycles. The number of hydrogen-bond donors (Lipinski definition) is 1. The van der Waals surface area contributed by atoms with Crippen molar-refractivity contribution in [1.82, 2.24) is 5.32 Å². The number of nitro groups is 1. The lowest BCUT2D eigenvalue weighted by atomic mass is 9.83. The van der Waals surface area contributed by atoms with Crippen LogP contribution in [-0.4, -0.2) is 56.8 Å². The molecule has 0 bridgehead atoms. The minimum absolute atomic E-state index is 0.0284. The maximum Gasteiger partial charge on any atom is 0.269 e. The van der Waals surface area contributed by atoms with Crippen LogP contribution in [-0.2, 0) is 16.0 Å². The first kappa shape index (κ1) is 21.0. The van der Waals surface area contributed by atoms with Crippen molar-refractivity contribution in [2.24, 2.45) is 5.92 Å². The molecule has 8 nitrogen and oxygen atoms in total. The van der Waals surface area contributed by atoms with Gasteiger partial charge in [0, 0.05) is 56.8 Å². The third kappa shape index (κ3) is 4.32. The van der Waals surface area contributed by atoms with Crippen molar-refractivity contribution in [3.05, 3.63) is 64.0 Å². The van der Waals surface area contributed by atoms with Gasteiger partial charge in [0.1, 0.15) is 5.82 Å². The van der Waals surface area contributed by atoms with Crippen molar-refractivity contribution in [3.8, 4) is 0 Å². The number of carbonyl (C=O) groups is 1. The number of halogens is 1. The number of rotatable bonds is 6. The van der Waals surface area contributed by atoms with Crippen molar-refractivity contribution in [1.29, 1.82) is 0 Å². The number of anilines is 2. The molecule has 31 heavy (non-hydrogen) atoms. The van der Waals surface area contributed by atoms with Crippen LogP contribution < -0.4 is 15.1 Å². The Bertz CT molecular complexity index is 968. The van der Waals surface area contributed by atoms with E-state index >= 15 is 0 Å². The number of fused-ring (bicyclic) bond motifs is 3. The van der Waals surface area contributed by atoms with Gasteiger partial charge >= 0.3 is 0 Å². The number of nitro benzene ring substituents is 1. The number of piperazine rings is 1. The van der Waals surface area contributed by atoms with E-state index < -0.39 is 4.92 Å². The van der Waals surface area contributed by atoms with Gasteiger partial charge in [-0.2, -0.15) is 0 Å². The average molecular weight is 428 g/mol. The third-order valence-corrected chi connectivity index (χ3v) is 6.04. The Morgan fingerprint density at radius 3 is 2.74 bits per heavy atom. The highest BCUT2D eigenvalue weighted by Gasteiger charge is 2.42. The molecule has 164 valence electrons. The van der Waals surface area contributed by atoms with E-state index in [0.29, 0.717) is 39.2 Å². The Morgan fingerprint density at radius 2 is 2.03 bits per heavy atom. The predicted octanol–water partition coefficient (Wildman–Crippen LogP) is 2.36. The number of nitrogens with one attached hydrogen (secondary N) is 1. The summed E-state index contributed by atoms with van der Waals surface area (Å²) < 4.78 is 18.4. The Labute approximate surface area is 179 Å². The van der Waals surface area contributed by atoms with Gasteiger partial charge in [0.05, 0.1) is 23.5 Å². The summed E-state index contributed by atoms with van der Waals surface area (Å²) in [6.07, 6.45) is 0.425. The molecule has 4 rings (SSSR count). The fourth-order valence-corrected chi connectivity index (χ4v) is 4.52. The largest absolute Gasteiger partial charge is 0.383 e. The van der Waals surface area contributed by atoms with Crippen LogP contribution in [0.15, 0.2) is 42.5 Å². The van der Waals surface area contributed by atoms with Crippen molar-refractivity contribution < 1.29 is 18.8 Å². The lowest BCUT2D eigenvalue weighted by molar-refractivity contribution is -0.384. The van der Waals surface area contributed by atoms with E-state index in [2.05, 4.69) is 15.1 Å². The minimum atomic E-state index is -0.410. The monoisotopic (exact) mass is 428 g/mol. The van der Waals surface area contributed by atoms with Crippen LogP contribution in [0, 0.1) is 21.8 Å². The number of non-ortho nitro benzene ring substituents is 1. The molecule has 0 saturated carbocycles. The van der Waals surface area contributed by atoms with E-state index in [9.17, 15) is 19.3 Å². The predicted molar refractivity (Wildman–Crippen MR) is 115 cm³/mol. The molecule has 9 heteroatoms. The third-order valence-electron chi connectivity index (χ3n) is 6.04. The van der Waals surface area contributed by atoms with Crippen molar-refractivity contribution in [2.75, 3.05) is 49.7 Å². The van der Waals surface area contributed by atoms with Gasteiger partial charge in [-0.15, -0.1) is 0 Å². The summed E-state index contributed by atoms with van der Waals surface area (Å²) in [4.78, 5) is 28.2. The molecular formula is C22H25FN4O4. The van der Waals surface area contributed by atoms with Crippen molar-refractivity contribution in [3.63, 3.8) is 0 Å². The highest BCUT2D eigenvalue weighted by molar-refractivity contribution is 5.82. The quantitative estimate of drug-likeness (QED) is 0.432. The normalized spacial score (nSPS) is 20.1. The number of ether oxygens (including phenoxy) is 1. The number of hydrogen-bond acceptors (Lipinski definition) is 6. The summed E-state index contributed by atoms with van der Waals surface area (Å²) in [5.74, 6) is -0.745. The highest BCUT2D eigenvalue weighted by atomic mass is 19.1. The molecule has 2 aromatic rings. The average Bonchev–Trinajstić information content (AvgIpc) is 2.78. The fourth-order valence-electron chi connectivity index (χ4n) is 4.52. The molecule has 2 aromatic carbocycles. The van der Waals surface area contributed by atoms with E-state index in [0.717, 1.165) is 16.9 Å². The zero-order valence-electron chi connectivity index (χ0n) is 17.3. The van der Waals surface area contributed by atoms with E-state index in [4.69, 9.17) is 4.74 Å². The summed E-state index contributed by atoms with van der Waals surface area (Å²) in [5.41, 5.74) is 2.69. The zero-order valence-corrected chi connectivity index (χ0v) is 17.3. The number of amides is 1. The first-order valence-corrected chi connectivity index (χ1v) is 10.3. The Hall–Kier alpha value is -3.20. The second-order valence-electron chi connectivity index (χ2n) is 7.85. The molecule has 2 aliphatic rings. The molecule has 0 radical (unpaired) electrons. The van der Waals surface area contributed by atoms with Gasteiger partial charge in [-0.1, -0.05) is 0 Å². The first-order chi connectivity index (χ1) is 15.0. The van der Waals surface area contributed by atoms with Crippen LogP contribution in [0.2, 0.25) is 0 Å². The lowest BCUT2D eigenvalue weighted by Gasteiger charge is -2.49. The van der Waals surface area contributed by atoms with Gasteiger partial charge in [0.25, 0.3) is 5.69 Å². The molecule has 0 spiro atoms. The summed E-state index contributed by atoms with van der Waals surface area (Å²) in [6.45, 7) is 2.79. The second kappa shape index (κ2) is 8.89. The SMILES string of the molecule is COCCNC(=O)C1Cc2cc([N+](=O)[O-])ccc2N2CCN(c3ccc(F)cc3)CC12. The van der Waals surface area contributed by atoms with Crippen LogP contribution in [0.4, 0.5) is 21.5 Å². The van der Waals surface area contributed by atoms with E-state index in [1.807, 2.05) is 0 Å².